The van der Waals surface area contributed by atoms with Crippen LogP contribution in [0.1, 0.15) is 56.4 Å². The Kier molecular flexibility index (Phi) is 6.45. The number of aliphatic hydroxyl groups excluding tert-OH is 1. The van der Waals surface area contributed by atoms with Crippen LogP contribution in [0.2, 0.25) is 0 Å². The Morgan fingerprint density at radius 2 is 1.92 bits per heavy atom. The summed E-state index contributed by atoms with van der Waals surface area (Å²) < 4.78 is 22.9. The average Bonchev–Trinajstić information content (AvgIpc) is 3.59. The number of pyridine rings is 1. The molecule has 1 amide bonds. The molecule has 0 spiro atoms. The van der Waals surface area contributed by atoms with Crippen molar-refractivity contribution in [2.45, 2.75) is 58.2 Å². The molecular weight excluding hydrogens is 527 g/mol. The van der Waals surface area contributed by atoms with Crippen molar-refractivity contribution in [3.8, 4) is 5.69 Å². The van der Waals surface area contributed by atoms with E-state index in [9.17, 15) is 14.7 Å². The fourth-order valence-corrected chi connectivity index (χ4v) is 5.41. The van der Waals surface area contributed by atoms with E-state index in [0.717, 1.165) is 24.1 Å². The number of carbonyl (C=O) groups excluding carboxylic acids is 1. The molecule has 0 atom stereocenters. The molecule has 1 saturated heterocycles. The van der Waals surface area contributed by atoms with E-state index >= 15 is 4.39 Å². The normalized spacial score (nSPS) is 16.3. The van der Waals surface area contributed by atoms with Crippen molar-refractivity contribution >= 4 is 32.8 Å². The number of aromatic nitrogens is 1. The van der Waals surface area contributed by atoms with Crippen molar-refractivity contribution in [2.24, 2.45) is 5.92 Å². The Morgan fingerprint density at radius 1 is 1.19 bits per heavy atom. The first-order valence-electron chi connectivity index (χ1n) is 12.3. The molecule has 2 heterocycles. The molecule has 1 aliphatic heterocycles. The number of hydrogen-bond acceptors (Lipinski definition) is 4. The van der Waals surface area contributed by atoms with Gasteiger partial charge in [0.2, 0.25) is 0 Å². The molecule has 1 aromatic heterocycles. The summed E-state index contributed by atoms with van der Waals surface area (Å²) in [6, 6.07) is 10.7. The molecule has 1 saturated carbocycles. The number of likely N-dealkylation sites (tertiary alicyclic amines) is 1. The van der Waals surface area contributed by atoms with Gasteiger partial charge < -0.3 is 14.7 Å². The predicted octanol–water partition coefficient (Wildman–Crippen LogP) is 5.67. The van der Waals surface area contributed by atoms with Gasteiger partial charge in [-0.15, -0.1) is 0 Å². The van der Waals surface area contributed by atoms with E-state index in [0.29, 0.717) is 46.5 Å². The zero-order valence-electron chi connectivity index (χ0n) is 20.7. The monoisotopic (exact) mass is 556 g/mol. The third-order valence-corrected chi connectivity index (χ3v) is 7.56. The number of ether oxygens (including phenoxy) is 1. The lowest BCUT2D eigenvalue weighted by molar-refractivity contribution is -0.00107. The average molecular weight is 557 g/mol. The third kappa shape index (κ3) is 4.81. The Bertz CT molecular complexity index is 1400. The Morgan fingerprint density at radius 3 is 2.56 bits per heavy atom. The molecule has 8 heteroatoms. The minimum Gasteiger partial charge on any atom is -0.444 e. The van der Waals surface area contributed by atoms with Crippen LogP contribution in [0.3, 0.4) is 0 Å². The van der Waals surface area contributed by atoms with Gasteiger partial charge in [-0.25, -0.2) is 9.18 Å². The number of fused-ring (bicyclic) bond motifs is 1. The van der Waals surface area contributed by atoms with Gasteiger partial charge in [0.25, 0.3) is 5.56 Å². The maximum Gasteiger partial charge on any atom is 0.410 e. The van der Waals surface area contributed by atoms with E-state index in [2.05, 4.69) is 15.9 Å². The van der Waals surface area contributed by atoms with Crippen LogP contribution in [0.15, 0.2) is 45.7 Å². The van der Waals surface area contributed by atoms with Crippen LogP contribution in [0, 0.1) is 11.7 Å². The number of benzene rings is 2. The summed E-state index contributed by atoms with van der Waals surface area (Å²) in [5.74, 6) is -0.0309. The molecule has 190 valence electrons. The highest BCUT2D eigenvalue weighted by atomic mass is 79.9. The van der Waals surface area contributed by atoms with Gasteiger partial charge in [0.15, 0.2) is 0 Å². The summed E-state index contributed by atoms with van der Waals surface area (Å²) in [5.41, 5.74) is 1.72. The molecule has 6 nitrogen and oxygen atoms in total. The largest absolute Gasteiger partial charge is 0.444 e. The number of nitrogens with zero attached hydrogens (tertiary/aromatic N) is 2. The quantitative estimate of drug-likeness (QED) is 0.439. The maximum absolute atomic E-state index is 15.3. The standard InChI is InChI=1S/C28H30BrFN2O4/c1-28(2,3)36-27(35)31-13-16(14-31)9-20-11-19-10-18(17-7-8-17)12-23(30)25(19)26(34)32(20)24-6-4-5-22(29)21(24)15-33/h4-6,10-12,16-17,33H,7-9,13-15H2,1-3H3. The first-order valence-corrected chi connectivity index (χ1v) is 13.1. The predicted molar refractivity (Wildman–Crippen MR) is 140 cm³/mol. The zero-order valence-corrected chi connectivity index (χ0v) is 22.3. The molecule has 2 fully saturated rings. The summed E-state index contributed by atoms with van der Waals surface area (Å²) in [7, 11) is 0. The van der Waals surface area contributed by atoms with Gasteiger partial charge in [-0.1, -0.05) is 28.1 Å². The first kappa shape index (κ1) is 25.0. The van der Waals surface area contributed by atoms with E-state index in [1.165, 1.54) is 10.6 Å². The summed E-state index contributed by atoms with van der Waals surface area (Å²) >= 11 is 3.47. The van der Waals surface area contributed by atoms with Crippen LogP contribution in [-0.4, -0.2) is 39.4 Å². The van der Waals surface area contributed by atoms with Crippen LogP contribution in [-0.2, 0) is 17.8 Å². The molecule has 3 aromatic rings. The number of halogens is 2. The second kappa shape index (κ2) is 9.30. The molecule has 1 N–H and O–H groups in total. The smallest absolute Gasteiger partial charge is 0.410 e. The molecule has 0 radical (unpaired) electrons. The van der Waals surface area contributed by atoms with Crippen molar-refractivity contribution < 1.29 is 19.0 Å². The number of hydrogen-bond donors (Lipinski definition) is 1. The lowest BCUT2D eigenvalue weighted by Crippen LogP contribution is -2.52. The summed E-state index contributed by atoms with van der Waals surface area (Å²) in [4.78, 5) is 27.9. The second-order valence-corrected chi connectivity index (χ2v) is 11.7. The number of aliphatic hydroxyl groups is 1. The van der Waals surface area contributed by atoms with Crippen LogP contribution >= 0.6 is 15.9 Å². The highest BCUT2D eigenvalue weighted by Gasteiger charge is 2.35. The van der Waals surface area contributed by atoms with E-state index < -0.39 is 17.0 Å². The van der Waals surface area contributed by atoms with Gasteiger partial charge in [-0.2, -0.15) is 0 Å². The molecular formula is C28H30BrFN2O4. The van der Waals surface area contributed by atoms with Crippen LogP contribution in [0.5, 0.6) is 0 Å². The fraction of sp³-hybridized carbons (Fsp3) is 0.429. The molecule has 1 aliphatic carbocycles. The molecule has 2 aliphatic rings. The Balaban J connectivity index is 1.56. The van der Waals surface area contributed by atoms with Crippen molar-refractivity contribution in [3.05, 3.63) is 73.9 Å². The summed E-state index contributed by atoms with van der Waals surface area (Å²) in [6.45, 7) is 6.26. The SMILES string of the molecule is CC(C)(C)OC(=O)N1CC(Cc2cc3cc(C4CC4)cc(F)c3c(=O)n2-c2cccc(Br)c2CO)C1. The topological polar surface area (TPSA) is 71.8 Å². The number of amides is 1. The minimum absolute atomic E-state index is 0.0519. The Labute approximate surface area is 217 Å². The van der Waals surface area contributed by atoms with Gasteiger partial charge in [0.05, 0.1) is 17.7 Å². The minimum atomic E-state index is -0.564. The van der Waals surface area contributed by atoms with E-state index in [1.54, 1.807) is 23.1 Å². The van der Waals surface area contributed by atoms with E-state index in [1.807, 2.05) is 32.9 Å². The molecule has 0 bridgehead atoms. The zero-order chi connectivity index (χ0) is 25.8. The fourth-order valence-electron chi connectivity index (χ4n) is 4.93. The van der Waals surface area contributed by atoms with Crippen molar-refractivity contribution in [2.75, 3.05) is 13.1 Å². The van der Waals surface area contributed by atoms with E-state index in [-0.39, 0.29) is 24.0 Å². The Hall–Kier alpha value is -2.71. The number of carbonyl (C=O) groups is 1. The van der Waals surface area contributed by atoms with Crippen molar-refractivity contribution in [1.82, 2.24) is 9.47 Å². The van der Waals surface area contributed by atoms with Gasteiger partial charge in [-0.05, 0) is 87.1 Å². The van der Waals surface area contributed by atoms with Gasteiger partial charge in [0.1, 0.15) is 11.4 Å². The van der Waals surface area contributed by atoms with Crippen LogP contribution in [0.4, 0.5) is 9.18 Å². The molecule has 36 heavy (non-hydrogen) atoms. The summed E-state index contributed by atoms with van der Waals surface area (Å²) in [6.07, 6.45) is 2.25. The third-order valence-electron chi connectivity index (χ3n) is 6.82. The highest BCUT2D eigenvalue weighted by molar-refractivity contribution is 9.10. The first-order chi connectivity index (χ1) is 17.1. The highest BCUT2D eigenvalue weighted by Crippen LogP contribution is 2.41. The number of rotatable bonds is 5. The van der Waals surface area contributed by atoms with E-state index in [4.69, 9.17) is 4.74 Å². The van der Waals surface area contributed by atoms with Crippen molar-refractivity contribution in [3.63, 3.8) is 0 Å². The van der Waals surface area contributed by atoms with Crippen LogP contribution in [0.25, 0.3) is 16.5 Å². The van der Waals surface area contributed by atoms with Gasteiger partial charge >= 0.3 is 6.09 Å². The molecule has 2 aromatic carbocycles. The second-order valence-electron chi connectivity index (χ2n) is 10.9. The van der Waals surface area contributed by atoms with Gasteiger partial charge in [0, 0.05) is 28.8 Å². The summed E-state index contributed by atoms with van der Waals surface area (Å²) in [5, 5.41) is 10.7. The lowest BCUT2D eigenvalue weighted by Gasteiger charge is -2.40. The maximum atomic E-state index is 15.3. The van der Waals surface area contributed by atoms with Crippen LogP contribution < -0.4 is 5.56 Å². The molecule has 0 unspecified atom stereocenters. The molecule has 5 rings (SSSR count). The van der Waals surface area contributed by atoms with Gasteiger partial charge in [-0.3, -0.25) is 9.36 Å². The lowest BCUT2D eigenvalue weighted by atomic mass is 9.93. The van der Waals surface area contributed by atoms with Crippen molar-refractivity contribution in [1.29, 1.82) is 0 Å².